The minimum absolute atomic E-state index is 0.120. The van der Waals surface area contributed by atoms with E-state index in [2.05, 4.69) is 10.1 Å². The van der Waals surface area contributed by atoms with Crippen molar-refractivity contribution in [3.63, 3.8) is 0 Å². The molecule has 0 N–H and O–H groups in total. The first-order valence-corrected chi connectivity index (χ1v) is 6.07. The summed E-state index contributed by atoms with van der Waals surface area (Å²) in [6.07, 6.45) is -3.13. The summed E-state index contributed by atoms with van der Waals surface area (Å²) in [6.45, 7) is -1.22. The van der Waals surface area contributed by atoms with E-state index in [0.29, 0.717) is 5.52 Å². The van der Waals surface area contributed by atoms with E-state index in [0.717, 1.165) is 4.68 Å². The Kier molecular flexibility index (Phi) is 2.96. The van der Waals surface area contributed by atoms with Crippen LogP contribution in [0.15, 0.2) is 30.5 Å². The molecule has 1 aromatic carbocycles. The molecule has 0 fully saturated rings. The lowest BCUT2D eigenvalue weighted by molar-refractivity contribution is -0.142. The molecule has 4 nitrogen and oxygen atoms in total. The van der Waals surface area contributed by atoms with Gasteiger partial charge < -0.3 is 4.57 Å². The molecule has 0 aliphatic rings. The fraction of sp³-hybridized carbons (Fsp3) is 0.231. The summed E-state index contributed by atoms with van der Waals surface area (Å²) >= 11 is 0. The third-order valence-corrected chi connectivity index (χ3v) is 3.14. The first-order chi connectivity index (χ1) is 9.87. The Morgan fingerprint density at radius 2 is 1.95 bits per heavy atom. The molecule has 0 aliphatic heterocycles. The van der Waals surface area contributed by atoms with Crippen molar-refractivity contribution in [2.75, 3.05) is 0 Å². The van der Waals surface area contributed by atoms with E-state index < -0.39 is 18.5 Å². The minimum Gasteiger partial charge on any atom is -0.326 e. The number of rotatable bonds is 2. The molecule has 0 unspecified atom stereocenters. The highest BCUT2D eigenvalue weighted by Gasteiger charge is 2.30. The lowest BCUT2D eigenvalue weighted by atomic mass is 10.3. The Bertz CT molecular complexity index is 800. The van der Waals surface area contributed by atoms with E-state index in [4.69, 9.17) is 0 Å². The predicted octanol–water partition coefficient (Wildman–Crippen LogP) is 3.14. The smallest absolute Gasteiger partial charge is 0.326 e. The van der Waals surface area contributed by atoms with Crippen molar-refractivity contribution in [1.82, 2.24) is 19.3 Å². The van der Waals surface area contributed by atoms with Crippen LogP contribution in [0.5, 0.6) is 0 Å². The monoisotopic (exact) mass is 298 g/mol. The minimum atomic E-state index is -4.39. The summed E-state index contributed by atoms with van der Waals surface area (Å²) in [7, 11) is 1.62. The van der Waals surface area contributed by atoms with E-state index in [1.54, 1.807) is 17.7 Å². The molecule has 0 amide bonds. The molecule has 2 heterocycles. The first kappa shape index (κ1) is 13.6. The number of para-hydroxylation sites is 1. The number of alkyl halides is 3. The number of nitrogens with zero attached hydrogens (tertiary/aromatic N) is 4. The van der Waals surface area contributed by atoms with Crippen LogP contribution in [0.1, 0.15) is 0 Å². The van der Waals surface area contributed by atoms with Gasteiger partial charge >= 0.3 is 6.18 Å². The number of fused-ring (bicyclic) bond motifs is 1. The molecule has 0 aliphatic carbocycles. The van der Waals surface area contributed by atoms with Gasteiger partial charge in [0.25, 0.3) is 0 Å². The van der Waals surface area contributed by atoms with Gasteiger partial charge in [0.05, 0.1) is 5.52 Å². The highest BCUT2D eigenvalue weighted by Crippen LogP contribution is 2.27. The molecule has 0 saturated heterocycles. The van der Waals surface area contributed by atoms with Gasteiger partial charge in [-0.1, -0.05) is 6.07 Å². The summed E-state index contributed by atoms with van der Waals surface area (Å²) in [5, 5.41) is 3.66. The molecule has 8 heteroatoms. The van der Waals surface area contributed by atoms with Gasteiger partial charge in [0.2, 0.25) is 0 Å². The van der Waals surface area contributed by atoms with E-state index in [1.165, 1.54) is 24.4 Å². The molecular formula is C13H10F4N4. The largest absolute Gasteiger partial charge is 0.408 e. The molecule has 110 valence electrons. The fourth-order valence-electron chi connectivity index (χ4n) is 2.23. The van der Waals surface area contributed by atoms with Crippen LogP contribution in [0.25, 0.3) is 22.6 Å². The second-order valence-electron chi connectivity index (χ2n) is 4.59. The van der Waals surface area contributed by atoms with Gasteiger partial charge in [-0.05, 0) is 18.2 Å². The van der Waals surface area contributed by atoms with Crippen LogP contribution in [-0.4, -0.2) is 25.5 Å². The Balaban J connectivity index is 2.16. The Morgan fingerprint density at radius 3 is 2.62 bits per heavy atom. The number of aromatic nitrogens is 4. The van der Waals surface area contributed by atoms with E-state index in [9.17, 15) is 17.6 Å². The SMILES string of the molecule is Cn1c(-c2ccnn2CC(F)(F)F)nc2c(F)cccc21. The third-order valence-electron chi connectivity index (χ3n) is 3.14. The average molecular weight is 298 g/mol. The summed E-state index contributed by atoms with van der Waals surface area (Å²) in [5.74, 6) is -0.284. The number of aryl methyl sites for hydroxylation is 1. The van der Waals surface area contributed by atoms with Crippen LogP contribution in [0, 0.1) is 5.82 Å². The standard InChI is InChI=1S/C13H10F4N4/c1-20-9-4-2-3-8(14)11(9)19-12(20)10-5-6-18-21(10)7-13(15,16)17/h2-6H,7H2,1H3. The topological polar surface area (TPSA) is 35.6 Å². The molecule has 0 bridgehead atoms. The van der Waals surface area contributed by atoms with Crippen LogP contribution in [-0.2, 0) is 13.6 Å². The highest BCUT2D eigenvalue weighted by atomic mass is 19.4. The van der Waals surface area contributed by atoms with Crippen LogP contribution in [0.3, 0.4) is 0 Å². The van der Waals surface area contributed by atoms with Crippen molar-refractivity contribution in [3.8, 4) is 11.5 Å². The van der Waals surface area contributed by atoms with Gasteiger partial charge in [-0.25, -0.2) is 9.37 Å². The quantitative estimate of drug-likeness (QED) is 0.681. The molecular weight excluding hydrogens is 288 g/mol. The fourth-order valence-corrected chi connectivity index (χ4v) is 2.23. The van der Waals surface area contributed by atoms with Gasteiger partial charge in [0.15, 0.2) is 11.6 Å². The highest BCUT2D eigenvalue weighted by molar-refractivity contribution is 5.80. The van der Waals surface area contributed by atoms with E-state index in [-0.39, 0.29) is 17.0 Å². The molecule has 0 spiro atoms. The second-order valence-corrected chi connectivity index (χ2v) is 4.59. The molecule has 3 aromatic rings. The summed E-state index contributed by atoms with van der Waals surface area (Å²) in [4.78, 5) is 4.10. The lowest BCUT2D eigenvalue weighted by Gasteiger charge is -2.10. The number of imidazole rings is 1. The van der Waals surface area contributed by atoms with Crippen molar-refractivity contribution in [3.05, 3.63) is 36.3 Å². The number of benzene rings is 1. The van der Waals surface area contributed by atoms with Gasteiger partial charge in [0.1, 0.15) is 17.8 Å². The molecule has 0 radical (unpaired) electrons. The maximum absolute atomic E-state index is 13.7. The van der Waals surface area contributed by atoms with Crippen LogP contribution < -0.4 is 0 Å². The van der Waals surface area contributed by atoms with Gasteiger partial charge in [-0.15, -0.1) is 0 Å². The third kappa shape index (κ3) is 2.37. The van der Waals surface area contributed by atoms with Crippen LogP contribution in [0.2, 0.25) is 0 Å². The Hall–Kier alpha value is -2.38. The molecule has 21 heavy (non-hydrogen) atoms. The van der Waals surface area contributed by atoms with Gasteiger partial charge in [-0.2, -0.15) is 18.3 Å². The zero-order valence-corrected chi connectivity index (χ0v) is 10.9. The van der Waals surface area contributed by atoms with Crippen molar-refractivity contribution in [1.29, 1.82) is 0 Å². The van der Waals surface area contributed by atoms with Crippen molar-refractivity contribution in [2.24, 2.45) is 7.05 Å². The first-order valence-electron chi connectivity index (χ1n) is 6.07. The average Bonchev–Trinajstić information content (AvgIpc) is 2.94. The number of hydrogen-bond acceptors (Lipinski definition) is 2. The lowest BCUT2D eigenvalue weighted by Crippen LogP contribution is -2.19. The number of hydrogen-bond donors (Lipinski definition) is 0. The van der Waals surface area contributed by atoms with Crippen LogP contribution >= 0.6 is 0 Å². The van der Waals surface area contributed by atoms with Gasteiger partial charge in [0, 0.05) is 13.2 Å². The van der Waals surface area contributed by atoms with E-state index >= 15 is 0 Å². The molecule has 3 rings (SSSR count). The van der Waals surface area contributed by atoms with Crippen molar-refractivity contribution in [2.45, 2.75) is 12.7 Å². The van der Waals surface area contributed by atoms with Gasteiger partial charge in [-0.3, -0.25) is 4.68 Å². The summed E-state index contributed by atoms with van der Waals surface area (Å²) < 4.78 is 53.7. The normalized spacial score (nSPS) is 12.2. The zero-order chi connectivity index (χ0) is 15.2. The van der Waals surface area contributed by atoms with Crippen LogP contribution in [0.4, 0.5) is 17.6 Å². The number of halogens is 4. The Morgan fingerprint density at radius 1 is 1.19 bits per heavy atom. The maximum atomic E-state index is 13.7. The van der Waals surface area contributed by atoms with Crippen molar-refractivity contribution >= 4 is 11.0 Å². The summed E-state index contributed by atoms with van der Waals surface area (Å²) in [6, 6.07) is 5.85. The zero-order valence-electron chi connectivity index (χ0n) is 10.9. The van der Waals surface area contributed by atoms with E-state index in [1.807, 2.05) is 0 Å². The molecule has 0 atom stereocenters. The predicted molar refractivity (Wildman–Crippen MR) is 67.9 cm³/mol. The van der Waals surface area contributed by atoms with Crippen molar-refractivity contribution < 1.29 is 17.6 Å². The second kappa shape index (κ2) is 4.57. The molecule has 0 saturated carbocycles. The maximum Gasteiger partial charge on any atom is 0.408 e. The molecule has 2 aromatic heterocycles. The Labute approximate surface area is 116 Å². The summed E-state index contributed by atoms with van der Waals surface area (Å²) in [5.41, 5.74) is 0.810.